The molecule has 0 unspecified atom stereocenters. The van der Waals surface area contributed by atoms with Gasteiger partial charge in [0.25, 0.3) is 5.69 Å². The Hall–Kier alpha value is -4.70. The van der Waals surface area contributed by atoms with E-state index in [2.05, 4.69) is 11.1 Å². The minimum atomic E-state index is -0.435. The highest BCUT2D eigenvalue weighted by molar-refractivity contribution is 5.90. The zero-order valence-corrected chi connectivity index (χ0v) is 18.0. The molecular weight excluding hydrogens is 418 g/mol. The summed E-state index contributed by atoms with van der Waals surface area (Å²) >= 11 is 0. The van der Waals surface area contributed by atoms with Gasteiger partial charge in [-0.15, -0.1) is 0 Å². The molecule has 0 spiro atoms. The first-order chi connectivity index (χ1) is 16.0. The molecule has 0 bridgehead atoms. The predicted octanol–water partition coefficient (Wildman–Crippen LogP) is 6.46. The highest BCUT2D eigenvalue weighted by Crippen LogP contribution is 2.42. The van der Waals surface area contributed by atoms with Crippen LogP contribution in [-0.4, -0.2) is 18.2 Å². The van der Waals surface area contributed by atoms with Crippen molar-refractivity contribution in [3.63, 3.8) is 0 Å². The van der Waals surface area contributed by atoms with E-state index in [0.717, 1.165) is 11.1 Å². The zero-order chi connectivity index (χ0) is 23.4. The molecule has 162 valence electrons. The fourth-order valence-corrected chi connectivity index (χ4v) is 3.48. The van der Waals surface area contributed by atoms with Crippen LogP contribution in [0.1, 0.15) is 16.7 Å². The van der Waals surface area contributed by atoms with Crippen LogP contribution >= 0.6 is 0 Å². The summed E-state index contributed by atoms with van der Waals surface area (Å²) < 4.78 is 11.3. The lowest BCUT2D eigenvalue weighted by atomic mass is 9.98. The van der Waals surface area contributed by atoms with Gasteiger partial charge >= 0.3 is 0 Å². The number of ether oxygens (including phenoxy) is 1. The van der Waals surface area contributed by atoms with Crippen LogP contribution in [0, 0.1) is 28.4 Å². The van der Waals surface area contributed by atoms with Crippen LogP contribution in [0.15, 0.2) is 82.2 Å². The molecule has 0 N–H and O–H groups in total. The van der Waals surface area contributed by atoms with Gasteiger partial charge in [0.05, 0.1) is 12.0 Å². The molecule has 7 heteroatoms. The fourth-order valence-electron chi connectivity index (χ4n) is 3.48. The number of aryl methyl sites for hydroxylation is 1. The van der Waals surface area contributed by atoms with E-state index in [1.807, 2.05) is 54.6 Å². The lowest BCUT2D eigenvalue weighted by Crippen LogP contribution is -1.93. The van der Waals surface area contributed by atoms with Crippen molar-refractivity contribution >= 4 is 17.8 Å². The van der Waals surface area contributed by atoms with E-state index >= 15 is 0 Å². The van der Waals surface area contributed by atoms with Crippen molar-refractivity contribution < 1.29 is 14.1 Å². The van der Waals surface area contributed by atoms with Gasteiger partial charge < -0.3 is 9.15 Å². The van der Waals surface area contributed by atoms with E-state index in [-0.39, 0.29) is 17.1 Å². The number of furan rings is 1. The molecule has 1 heterocycles. The molecule has 0 radical (unpaired) electrons. The molecule has 3 aromatic carbocycles. The molecule has 0 amide bonds. The Bertz CT molecular complexity index is 1380. The molecule has 7 nitrogen and oxygen atoms in total. The number of nitro groups is 1. The van der Waals surface area contributed by atoms with E-state index in [4.69, 9.17) is 9.15 Å². The maximum absolute atomic E-state index is 11.2. The van der Waals surface area contributed by atoms with Crippen molar-refractivity contribution in [2.24, 2.45) is 4.99 Å². The first-order valence-corrected chi connectivity index (χ1v) is 10.1. The maximum Gasteiger partial charge on any atom is 0.272 e. The second-order valence-electron chi connectivity index (χ2n) is 7.25. The Kier molecular flexibility index (Phi) is 6.00. The third kappa shape index (κ3) is 4.36. The van der Waals surface area contributed by atoms with E-state index in [0.29, 0.717) is 28.2 Å². The minimum Gasteiger partial charge on any atom is -0.497 e. The van der Waals surface area contributed by atoms with Crippen LogP contribution in [-0.2, 0) is 0 Å². The van der Waals surface area contributed by atoms with Gasteiger partial charge in [0.15, 0.2) is 0 Å². The van der Waals surface area contributed by atoms with Gasteiger partial charge in [-0.05, 0) is 30.2 Å². The molecule has 0 saturated carbocycles. The zero-order valence-electron chi connectivity index (χ0n) is 18.0. The summed E-state index contributed by atoms with van der Waals surface area (Å²) in [6.45, 7) is 1.67. The van der Waals surface area contributed by atoms with Gasteiger partial charge in [-0.1, -0.05) is 54.6 Å². The lowest BCUT2D eigenvalue weighted by molar-refractivity contribution is -0.385. The fraction of sp³-hybridized carbons (Fsp3) is 0.0769. The number of nitro benzene ring substituents is 1. The van der Waals surface area contributed by atoms with Crippen LogP contribution < -0.4 is 4.74 Å². The molecule has 1 aromatic heterocycles. The quantitative estimate of drug-likeness (QED) is 0.196. The van der Waals surface area contributed by atoms with Crippen molar-refractivity contribution in [3.8, 4) is 34.3 Å². The molecule has 33 heavy (non-hydrogen) atoms. The molecule has 4 aromatic rings. The molecule has 0 aliphatic rings. The van der Waals surface area contributed by atoms with Crippen LogP contribution in [0.2, 0.25) is 0 Å². The number of nitrogens with zero attached hydrogens (tertiary/aromatic N) is 3. The van der Waals surface area contributed by atoms with Gasteiger partial charge in [0.2, 0.25) is 5.88 Å². The van der Waals surface area contributed by atoms with E-state index in [1.165, 1.54) is 12.3 Å². The Morgan fingerprint density at radius 1 is 1.06 bits per heavy atom. The van der Waals surface area contributed by atoms with Crippen molar-refractivity contribution in [1.82, 2.24) is 0 Å². The van der Waals surface area contributed by atoms with Crippen molar-refractivity contribution in [3.05, 3.63) is 99.6 Å². The van der Waals surface area contributed by atoms with Crippen LogP contribution in [0.4, 0.5) is 11.6 Å². The van der Waals surface area contributed by atoms with Crippen LogP contribution in [0.25, 0.3) is 22.5 Å². The topological polar surface area (TPSA) is 102 Å². The first kappa shape index (κ1) is 21.5. The van der Waals surface area contributed by atoms with Crippen molar-refractivity contribution in [2.45, 2.75) is 6.92 Å². The van der Waals surface area contributed by atoms with Gasteiger partial charge in [0, 0.05) is 29.0 Å². The monoisotopic (exact) mass is 437 g/mol. The Balaban J connectivity index is 1.85. The van der Waals surface area contributed by atoms with Crippen LogP contribution in [0.3, 0.4) is 0 Å². The van der Waals surface area contributed by atoms with Crippen LogP contribution in [0.5, 0.6) is 5.75 Å². The number of nitriles is 1. The summed E-state index contributed by atoms with van der Waals surface area (Å²) in [5.74, 6) is 1.34. The maximum atomic E-state index is 11.2. The lowest BCUT2D eigenvalue weighted by Gasteiger charge is -2.05. The second-order valence-corrected chi connectivity index (χ2v) is 7.25. The minimum absolute atomic E-state index is 0.00259. The largest absolute Gasteiger partial charge is 0.497 e. The number of rotatable bonds is 6. The molecule has 0 saturated heterocycles. The van der Waals surface area contributed by atoms with Gasteiger partial charge in [-0.3, -0.25) is 10.1 Å². The smallest absolute Gasteiger partial charge is 0.272 e. The molecule has 4 rings (SSSR count). The Labute approximate surface area is 190 Å². The average Bonchev–Trinajstić information content (AvgIpc) is 3.22. The number of aliphatic imine (C=N–C) groups is 1. The summed E-state index contributed by atoms with van der Waals surface area (Å²) in [6.07, 6.45) is 1.46. The van der Waals surface area contributed by atoms with E-state index < -0.39 is 4.92 Å². The SMILES string of the molecule is COc1ccc(-c2c(-c3ccccc3)oc(N=Cc3ccc(C)c([N+](=O)[O-])c3)c2C#N)cc1. The molecule has 0 aliphatic heterocycles. The van der Waals surface area contributed by atoms with Gasteiger partial charge in [0.1, 0.15) is 23.1 Å². The van der Waals surface area contributed by atoms with Crippen molar-refractivity contribution in [1.29, 1.82) is 5.26 Å². The molecule has 0 aliphatic carbocycles. The highest BCUT2D eigenvalue weighted by Gasteiger charge is 2.23. The van der Waals surface area contributed by atoms with Gasteiger partial charge in [-0.2, -0.15) is 5.26 Å². The average molecular weight is 437 g/mol. The molecular formula is C26H19N3O4. The normalized spacial score (nSPS) is 10.8. The predicted molar refractivity (Wildman–Crippen MR) is 126 cm³/mol. The Morgan fingerprint density at radius 2 is 1.79 bits per heavy atom. The third-order valence-electron chi connectivity index (χ3n) is 5.18. The standard InChI is InChI=1S/C26H19N3O4/c1-17-8-9-18(14-23(17)29(30)31)16-28-26-22(15-27)24(19-10-12-21(32-2)13-11-19)25(33-26)20-6-4-3-5-7-20/h3-14,16H,1-2H3. The van der Waals surface area contributed by atoms with Crippen molar-refractivity contribution in [2.75, 3.05) is 7.11 Å². The first-order valence-electron chi connectivity index (χ1n) is 10.1. The summed E-state index contributed by atoms with van der Waals surface area (Å²) in [4.78, 5) is 15.2. The summed E-state index contributed by atoms with van der Waals surface area (Å²) in [5.41, 5.74) is 3.56. The molecule has 0 fully saturated rings. The number of benzene rings is 3. The second kappa shape index (κ2) is 9.20. The van der Waals surface area contributed by atoms with E-state index in [1.54, 1.807) is 26.2 Å². The number of methoxy groups -OCH3 is 1. The van der Waals surface area contributed by atoms with Gasteiger partial charge in [-0.25, -0.2) is 4.99 Å². The molecule has 0 atom stereocenters. The highest BCUT2D eigenvalue weighted by atomic mass is 16.6. The summed E-state index contributed by atoms with van der Waals surface area (Å²) in [5, 5.41) is 21.2. The summed E-state index contributed by atoms with van der Waals surface area (Å²) in [6, 6.07) is 23.8. The Morgan fingerprint density at radius 3 is 2.42 bits per heavy atom. The van der Waals surface area contributed by atoms with E-state index in [9.17, 15) is 15.4 Å². The third-order valence-corrected chi connectivity index (χ3v) is 5.18. The number of hydrogen-bond acceptors (Lipinski definition) is 6. The summed E-state index contributed by atoms with van der Waals surface area (Å²) in [7, 11) is 1.59. The number of hydrogen-bond donors (Lipinski definition) is 0.